The molecule has 0 aliphatic heterocycles. The second-order valence-electron chi connectivity index (χ2n) is 6.67. The zero-order valence-electron chi connectivity index (χ0n) is 10.7. The molecule has 3 heteroatoms. The van der Waals surface area contributed by atoms with Crippen molar-refractivity contribution in [1.82, 2.24) is 0 Å². The van der Waals surface area contributed by atoms with Gasteiger partial charge in [0.05, 0.1) is 15.7 Å². The Morgan fingerprint density at radius 1 is 0.615 bits per heavy atom. The van der Waals surface area contributed by atoms with Crippen LogP contribution in [0.25, 0.3) is 0 Å². The van der Waals surface area contributed by atoms with E-state index in [2.05, 4.69) is 63.8 Å². The lowest BCUT2D eigenvalue weighted by molar-refractivity contribution is 1.72. The average Bonchev–Trinajstić information content (AvgIpc) is 1.79. The van der Waals surface area contributed by atoms with Crippen LogP contribution in [0.2, 0.25) is 52.4 Å². The van der Waals surface area contributed by atoms with E-state index in [0.717, 1.165) is 0 Å². The van der Waals surface area contributed by atoms with Crippen LogP contribution in [0.4, 0.5) is 0 Å². The van der Waals surface area contributed by atoms with E-state index in [1.165, 1.54) is 0 Å². The summed E-state index contributed by atoms with van der Waals surface area (Å²) in [5.74, 6) is 0. The second-order valence-corrected chi connectivity index (χ2v) is 28.4. The number of hydrogen-bond donors (Lipinski definition) is 0. The van der Waals surface area contributed by atoms with Gasteiger partial charge in [-0.3, -0.25) is 0 Å². The molecule has 0 saturated heterocycles. The van der Waals surface area contributed by atoms with Gasteiger partial charge in [-0.05, 0) is 0 Å². The van der Waals surface area contributed by atoms with Crippen molar-refractivity contribution in [3.8, 4) is 0 Å². The molecule has 0 aromatic carbocycles. The van der Waals surface area contributed by atoms with Crippen LogP contribution in [0, 0.1) is 0 Å². The lowest BCUT2D eigenvalue weighted by atomic mass is 11.2. The highest BCUT2D eigenvalue weighted by molar-refractivity contribution is 7.42. The van der Waals surface area contributed by atoms with Crippen molar-refractivity contribution in [3.63, 3.8) is 0 Å². The van der Waals surface area contributed by atoms with Crippen molar-refractivity contribution >= 4 is 23.3 Å². The summed E-state index contributed by atoms with van der Waals surface area (Å²) >= 11 is 0. The van der Waals surface area contributed by atoms with Gasteiger partial charge in [0.25, 0.3) is 0 Å². The molecule has 0 fully saturated rings. The SMILES string of the molecule is C[Si](C)(C)/C=C/[Si](C)(C)[Si](C)(C)C. The molecule has 0 aromatic heterocycles. The molecule has 13 heavy (non-hydrogen) atoms. The molecule has 0 nitrogen and oxygen atoms in total. The summed E-state index contributed by atoms with van der Waals surface area (Å²) in [6.07, 6.45) is 0. The molecule has 0 atom stereocenters. The van der Waals surface area contributed by atoms with Gasteiger partial charge in [0, 0.05) is 7.59 Å². The summed E-state index contributed by atoms with van der Waals surface area (Å²) in [6, 6.07) is 0. The first-order valence-electron chi connectivity index (χ1n) is 5.16. The van der Waals surface area contributed by atoms with Crippen molar-refractivity contribution in [2.45, 2.75) is 52.4 Å². The predicted molar refractivity (Wildman–Crippen MR) is 73.3 cm³/mol. The minimum atomic E-state index is -1.02. The van der Waals surface area contributed by atoms with Crippen LogP contribution in [0.15, 0.2) is 11.4 Å². The van der Waals surface area contributed by atoms with E-state index in [1.54, 1.807) is 0 Å². The first kappa shape index (κ1) is 13.4. The Balaban J connectivity index is 4.62. The van der Waals surface area contributed by atoms with Crippen molar-refractivity contribution in [2.24, 2.45) is 0 Å². The summed E-state index contributed by atoms with van der Waals surface area (Å²) < 4.78 is 0. The Morgan fingerprint density at radius 2 is 1.00 bits per heavy atom. The molecule has 0 spiro atoms. The third kappa shape index (κ3) is 4.98. The first-order chi connectivity index (χ1) is 5.46. The van der Waals surface area contributed by atoms with E-state index >= 15 is 0 Å². The maximum atomic E-state index is 2.62. The molecular formula is C10H26Si3. The molecule has 0 radical (unpaired) electrons. The highest BCUT2D eigenvalue weighted by Gasteiger charge is 2.34. The quantitative estimate of drug-likeness (QED) is 0.641. The van der Waals surface area contributed by atoms with Crippen LogP contribution in [-0.2, 0) is 0 Å². The molecule has 0 aliphatic carbocycles. The molecule has 78 valence electrons. The molecule has 0 bridgehead atoms. The van der Waals surface area contributed by atoms with Crippen LogP contribution >= 0.6 is 0 Å². The summed E-state index contributed by atoms with van der Waals surface area (Å²) in [4.78, 5) is 0. The van der Waals surface area contributed by atoms with Gasteiger partial charge >= 0.3 is 0 Å². The van der Waals surface area contributed by atoms with Gasteiger partial charge in [-0.25, -0.2) is 0 Å². The van der Waals surface area contributed by atoms with Gasteiger partial charge < -0.3 is 0 Å². The predicted octanol–water partition coefficient (Wildman–Crippen LogP) is 4.08. The average molecular weight is 231 g/mol. The standard InChI is InChI=1S/C10H26Si3/c1-11(2,3)9-10-13(7,8)12(4,5)6/h9-10H,1-8H3/b10-9+. The van der Waals surface area contributed by atoms with Gasteiger partial charge in [-0.1, -0.05) is 52.4 Å². The van der Waals surface area contributed by atoms with Crippen LogP contribution in [-0.4, -0.2) is 23.3 Å². The van der Waals surface area contributed by atoms with E-state index in [9.17, 15) is 0 Å². The fourth-order valence-electron chi connectivity index (χ4n) is 0.708. The fraction of sp³-hybridized carbons (Fsp3) is 0.800. The van der Waals surface area contributed by atoms with Crippen molar-refractivity contribution in [3.05, 3.63) is 11.4 Å². The Morgan fingerprint density at radius 3 is 1.23 bits per heavy atom. The van der Waals surface area contributed by atoms with Gasteiger partial charge in [-0.15, -0.1) is 11.4 Å². The van der Waals surface area contributed by atoms with Crippen LogP contribution in [0.5, 0.6) is 0 Å². The van der Waals surface area contributed by atoms with Gasteiger partial charge in [0.1, 0.15) is 0 Å². The molecule has 0 aromatic rings. The Bertz CT molecular complexity index is 191. The van der Waals surface area contributed by atoms with Crippen LogP contribution in [0.3, 0.4) is 0 Å². The minimum Gasteiger partial charge on any atom is -0.105 e. The molecule has 0 saturated carbocycles. The maximum Gasteiger partial charge on any atom is 0.0677 e. The normalized spacial score (nSPS) is 15.4. The smallest absolute Gasteiger partial charge is 0.0677 e. The third-order valence-electron chi connectivity index (χ3n) is 2.93. The molecule has 0 unspecified atom stereocenters. The first-order valence-corrected chi connectivity index (χ1v) is 16.3. The van der Waals surface area contributed by atoms with Crippen molar-refractivity contribution < 1.29 is 0 Å². The van der Waals surface area contributed by atoms with Crippen LogP contribution in [0.1, 0.15) is 0 Å². The highest BCUT2D eigenvalue weighted by atomic mass is 29.3. The third-order valence-corrected chi connectivity index (χ3v) is 21.4. The van der Waals surface area contributed by atoms with Crippen molar-refractivity contribution in [1.29, 1.82) is 0 Å². The fourth-order valence-corrected chi connectivity index (χ4v) is 7.13. The number of rotatable bonds is 3. The van der Waals surface area contributed by atoms with E-state index < -0.39 is 23.3 Å². The van der Waals surface area contributed by atoms with Gasteiger partial charge in [-0.2, -0.15) is 0 Å². The molecule has 0 heterocycles. The van der Waals surface area contributed by atoms with E-state index in [1.807, 2.05) is 0 Å². The second kappa shape index (κ2) is 3.87. The zero-order valence-corrected chi connectivity index (χ0v) is 13.7. The van der Waals surface area contributed by atoms with Crippen molar-refractivity contribution in [2.75, 3.05) is 0 Å². The monoisotopic (exact) mass is 230 g/mol. The molecule has 0 N–H and O–H groups in total. The minimum absolute atomic E-state index is 0.910. The summed E-state index contributed by atoms with van der Waals surface area (Å²) in [5, 5.41) is 0. The Kier molecular flexibility index (Phi) is 3.98. The van der Waals surface area contributed by atoms with Gasteiger partial charge in [0.2, 0.25) is 0 Å². The topological polar surface area (TPSA) is 0 Å². The molecular weight excluding hydrogens is 204 g/mol. The lowest BCUT2D eigenvalue weighted by Crippen LogP contribution is -2.51. The molecule has 0 amide bonds. The highest BCUT2D eigenvalue weighted by Crippen LogP contribution is 2.20. The van der Waals surface area contributed by atoms with E-state index in [0.29, 0.717) is 0 Å². The summed E-state index contributed by atoms with van der Waals surface area (Å²) in [5.41, 5.74) is 5.17. The molecule has 0 aliphatic rings. The maximum absolute atomic E-state index is 2.62. The zero-order chi connectivity index (χ0) is 10.9. The molecule has 0 rings (SSSR count). The summed E-state index contributed by atoms with van der Waals surface area (Å²) in [7, 11) is -2.90. The summed E-state index contributed by atoms with van der Waals surface area (Å²) in [6.45, 7) is 19.8. The van der Waals surface area contributed by atoms with E-state index in [4.69, 9.17) is 0 Å². The Labute approximate surface area is 87.3 Å². The Hall–Kier alpha value is 0.391. The van der Waals surface area contributed by atoms with Gasteiger partial charge in [0.15, 0.2) is 0 Å². The lowest BCUT2D eigenvalue weighted by Gasteiger charge is -2.33. The largest absolute Gasteiger partial charge is 0.105 e. The van der Waals surface area contributed by atoms with E-state index in [-0.39, 0.29) is 0 Å². The van der Waals surface area contributed by atoms with Crippen LogP contribution < -0.4 is 0 Å². The number of hydrogen-bond acceptors (Lipinski definition) is 0.